The summed E-state index contributed by atoms with van der Waals surface area (Å²) in [5, 5.41) is 15.5. The van der Waals surface area contributed by atoms with Gasteiger partial charge in [0.05, 0.1) is 4.92 Å². The van der Waals surface area contributed by atoms with Crippen LogP contribution in [0, 0.1) is 15.9 Å². The highest BCUT2D eigenvalue weighted by atomic mass is 32.2. The number of sulfonamides is 1. The molecule has 0 spiro atoms. The number of benzene rings is 1. The zero-order valence-electron chi connectivity index (χ0n) is 10.7. The van der Waals surface area contributed by atoms with Crippen LogP contribution in [0.15, 0.2) is 17.0 Å². The summed E-state index contributed by atoms with van der Waals surface area (Å²) in [5.74, 6) is -2.27. The van der Waals surface area contributed by atoms with E-state index in [1.165, 1.54) is 11.9 Å². The van der Waals surface area contributed by atoms with E-state index in [0.29, 0.717) is 12.1 Å². The van der Waals surface area contributed by atoms with Crippen molar-refractivity contribution in [3.05, 3.63) is 33.6 Å². The monoisotopic (exact) mass is 305 g/mol. The Hall–Kier alpha value is -2.07. The van der Waals surface area contributed by atoms with Crippen LogP contribution in [-0.2, 0) is 10.0 Å². The number of nitrogens with two attached hydrogens (primary N) is 1. The number of hydrogen-bond donors (Lipinski definition) is 1. The van der Waals surface area contributed by atoms with Crippen LogP contribution in [0.4, 0.5) is 10.1 Å². The van der Waals surface area contributed by atoms with Crippen LogP contribution in [0.25, 0.3) is 0 Å². The van der Waals surface area contributed by atoms with E-state index < -0.39 is 37.3 Å². The largest absolute Gasteiger partial charge is 0.342 e. The van der Waals surface area contributed by atoms with Crippen molar-refractivity contribution in [2.45, 2.75) is 11.8 Å². The number of hydrogen-bond acceptors (Lipinski definition) is 5. The molecule has 0 radical (unpaired) electrons. The summed E-state index contributed by atoms with van der Waals surface area (Å²) in [4.78, 5) is 21.6. The summed E-state index contributed by atoms with van der Waals surface area (Å²) < 4.78 is 36.2. The van der Waals surface area contributed by atoms with Gasteiger partial charge in [-0.25, -0.2) is 13.6 Å². The molecule has 0 heterocycles. The second-order valence-corrected chi connectivity index (χ2v) is 5.46. The molecule has 0 aliphatic rings. The van der Waals surface area contributed by atoms with Gasteiger partial charge in [-0.3, -0.25) is 14.9 Å². The zero-order valence-corrected chi connectivity index (χ0v) is 11.5. The maximum Gasteiger partial charge on any atom is 0.307 e. The van der Waals surface area contributed by atoms with Gasteiger partial charge in [-0.1, -0.05) is 0 Å². The molecule has 0 saturated heterocycles. The fourth-order valence-corrected chi connectivity index (χ4v) is 2.06. The minimum atomic E-state index is -4.53. The molecule has 10 heteroatoms. The molecule has 0 bridgehead atoms. The van der Waals surface area contributed by atoms with Gasteiger partial charge in [0.15, 0.2) is 0 Å². The number of carbonyl (C=O) groups excluding carboxylic acids is 1. The van der Waals surface area contributed by atoms with Crippen LogP contribution < -0.4 is 5.14 Å². The van der Waals surface area contributed by atoms with E-state index in [9.17, 15) is 27.7 Å². The van der Waals surface area contributed by atoms with Crippen molar-refractivity contribution in [1.82, 2.24) is 4.90 Å². The summed E-state index contributed by atoms with van der Waals surface area (Å²) in [5.41, 5.74) is -1.45. The molecular weight excluding hydrogens is 293 g/mol. The quantitative estimate of drug-likeness (QED) is 0.639. The fraction of sp³-hybridized carbons (Fsp3) is 0.300. The Kier molecular flexibility index (Phi) is 4.40. The van der Waals surface area contributed by atoms with E-state index in [1.807, 2.05) is 0 Å². The van der Waals surface area contributed by atoms with Crippen LogP contribution >= 0.6 is 0 Å². The molecule has 0 atom stereocenters. The SMILES string of the molecule is CCN(C)C(=O)c1cc([N+](=O)[O-])c(F)c(S(N)(=O)=O)c1. The zero-order chi connectivity index (χ0) is 15.7. The highest BCUT2D eigenvalue weighted by Gasteiger charge is 2.28. The second kappa shape index (κ2) is 5.51. The van der Waals surface area contributed by atoms with Crippen molar-refractivity contribution in [3.63, 3.8) is 0 Å². The number of carbonyl (C=O) groups is 1. The first-order valence-electron chi connectivity index (χ1n) is 5.35. The third-order valence-corrected chi connectivity index (χ3v) is 3.50. The Bertz CT molecular complexity index is 674. The lowest BCUT2D eigenvalue weighted by molar-refractivity contribution is -0.387. The average molecular weight is 305 g/mol. The van der Waals surface area contributed by atoms with E-state index in [-0.39, 0.29) is 12.1 Å². The van der Waals surface area contributed by atoms with Gasteiger partial charge in [-0.2, -0.15) is 4.39 Å². The summed E-state index contributed by atoms with van der Waals surface area (Å²) in [6.45, 7) is 1.94. The van der Waals surface area contributed by atoms with Gasteiger partial charge in [0.1, 0.15) is 4.90 Å². The van der Waals surface area contributed by atoms with Gasteiger partial charge in [0.2, 0.25) is 15.8 Å². The van der Waals surface area contributed by atoms with Gasteiger partial charge < -0.3 is 4.90 Å². The molecule has 20 heavy (non-hydrogen) atoms. The maximum atomic E-state index is 13.7. The summed E-state index contributed by atoms with van der Waals surface area (Å²) >= 11 is 0. The third-order valence-electron chi connectivity index (χ3n) is 2.59. The molecule has 0 aliphatic heterocycles. The second-order valence-electron chi connectivity index (χ2n) is 3.93. The highest BCUT2D eigenvalue weighted by molar-refractivity contribution is 7.89. The van der Waals surface area contributed by atoms with Crippen molar-refractivity contribution >= 4 is 21.6 Å². The summed E-state index contributed by atoms with van der Waals surface area (Å²) in [7, 11) is -3.12. The first-order valence-corrected chi connectivity index (χ1v) is 6.90. The average Bonchev–Trinajstić information content (AvgIpc) is 2.35. The Labute approximate surface area is 114 Å². The molecule has 0 aromatic heterocycles. The molecule has 0 aliphatic carbocycles. The van der Waals surface area contributed by atoms with Crippen molar-refractivity contribution in [3.8, 4) is 0 Å². The lowest BCUT2D eigenvalue weighted by atomic mass is 10.1. The molecule has 8 nitrogen and oxygen atoms in total. The lowest BCUT2D eigenvalue weighted by Gasteiger charge is -2.15. The van der Waals surface area contributed by atoms with Crippen LogP contribution in [0.5, 0.6) is 0 Å². The van der Waals surface area contributed by atoms with Crippen LogP contribution in [0.3, 0.4) is 0 Å². The van der Waals surface area contributed by atoms with Crippen LogP contribution in [0.2, 0.25) is 0 Å². The first kappa shape index (κ1) is 16.0. The van der Waals surface area contributed by atoms with Gasteiger partial charge in [0.25, 0.3) is 5.91 Å². The predicted octanol–water partition coefficient (Wildman–Crippen LogP) is 0.473. The van der Waals surface area contributed by atoms with Crippen molar-refractivity contribution in [1.29, 1.82) is 0 Å². The number of nitro benzene ring substituents is 1. The molecule has 1 aromatic rings. The minimum absolute atomic E-state index is 0.286. The Morgan fingerprint density at radius 3 is 2.45 bits per heavy atom. The number of nitrogens with zero attached hydrogens (tertiary/aromatic N) is 2. The minimum Gasteiger partial charge on any atom is -0.342 e. The Morgan fingerprint density at radius 1 is 1.50 bits per heavy atom. The third kappa shape index (κ3) is 3.08. The summed E-state index contributed by atoms with van der Waals surface area (Å²) in [6.07, 6.45) is 0. The van der Waals surface area contributed by atoms with Gasteiger partial charge in [-0.15, -0.1) is 0 Å². The molecule has 2 N–H and O–H groups in total. The first-order chi connectivity index (χ1) is 9.09. The molecule has 110 valence electrons. The molecule has 1 rings (SSSR count). The fourth-order valence-electron chi connectivity index (χ4n) is 1.41. The maximum absolute atomic E-state index is 13.7. The molecule has 0 unspecified atom stereocenters. The number of nitro groups is 1. The van der Waals surface area contributed by atoms with Crippen LogP contribution in [0.1, 0.15) is 17.3 Å². The van der Waals surface area contributed by atoms with E-state index >= 15 is 0 Å². The molecule has 0 fully saturated rings. The normalized spacial score (nSPS) is 11.2. The van der Waals surface area contributed by atoms with Crippen LogP contribution in [-0.4, -0.2) is 37.7 Å². The topological polar surface area (TPSA) is 124 Å². The molecule has 1 aromatic carbocycles. The Morgan fingerprint density at radius 2 is 2.05 bits per heavy atom. The number of halogens is 1. The molecule has 1 amide bonds. The Balaban J connectivity index is 3.61. The molecular formula is C10H12FN3O5S. The number of primary sulfonamides is 1. The van der Waals surface area contributed by atoms with Gasteiger partial charge in [0, 0.05) is 25.2 Å². The van der Waals surface area contributed by atoms with Crippen molar-refractivity contribution in [2.24, 2.45) is 5.14 Å². The smallest absolute Gasteiger partial charge is 0.307 e. The van der Waals surface area contributed by atoms with Gasteiger partial charge in [-0.05, 0) is 13.0 Å². The van der Waals surface area contributed by atoms with E-state index in [1.54, 1.807) is 6.92 Å². The summed E-state index contributed by atoms with van der Waals surface area (Å²) in [6, 6.07) is 1.37. The number of rotatable bonds is 4. The van der Waals surface area contributed by atoms with E-state index in [4.69, 9.17) is 5.14 Å². The standard InChI is InChI=1S/C10H12FN3O5S/c1-3-13(2)10(15)6-4-7(14(16)17)9(11)8(5-6)20(12,18)19/h4-5H,3H2,1-2H3,(H2,12,18,19). The van der Waals surface area contributed by atoms with Gasteiger partial charge >= 0.3 is 5.69 Å². The van der Waals surface area contributed by atoms with Crippen molar-refractivity contribution < 1.29 is 22.5 Å². The highest BCUT2D eigenvalue weighted by Crippen LogP contribution is 2.26. The number of amides is 1. The van der Waals surface area contributed by atoms with Crippen molar-refractivity contribution in [2.75, 3.05) is 13.6 Å². The molecule has 0 saturated carbocycles. The van der Waals surface area contributed by atoms with E-state index in [0.717, 1.165) is 0 Å². The predicted molar refractivity (Wildman–Crippen MR) is 67.1 cm³/mol. The lowest BCUT2D eigenvalue weighted by Crippen LogP contribution is -2.27. The van der Waals surface area contributed by atoms with E-state index in [2.05, 4.69) is 0 Å².